The zero-order valence-electron chi connectivity index (χ0n) is 13.3. The lowest BCUT2D eigenvalue weighted by Crippen LogP contribution is -2.30. The fourth-order valence-electron chi connectivity index (χ4n) is 2.85. The van der Waals surface area contributed by atoms with Crippen LogP contribution in [0.2, 0.25) is 0 Å². The van der Waals surface area contributed by atoms with Crippen molar-refractivity contribution in [3.63, 3.8) is 0 Å². The molecule has 0 amide bonds. The predicted octanol–water partition coefficient (Wildman–Crippen LogP) is 3.07. The summed E-state index contributed by atoms with van der Waals surface area (Å²) in [5, 5.41) is 3.59. The summed E-state index contributed by atoms with van der Waals surface area (Å²) in [5.41, 5.74) is 1.22. The van der Waals surface area contributed by atoms with Crippen LogP contribution in [0.5, 0.6) is 5.75 Å². The molecule has 1 fully saturated rings. The number of hydrogen-bond donors (Lipinski definition) is 1. The summed E-state index contributed by atoms with van der Waals surface area (Å²) in [4.78, 5) is 2.56. The molecule has 3 heteroatoms. The Kier molecular flexibility index (Phi) is 6.27. The molecule has 1 N–H and O–H groups in total. The third kappa shape index (κ3) is 4.87. The molecule has 1 saturated heterocycles. The summed E-state index contributed by atoms with van der Waals surface area (Å²) in [7, 11) is 0. The quantitative estimate of drug-likeness (QED) is 0.744. The second-order valence-corrected chi connectivity index (χ2v) is 6.08. The first-order valence-corrected chi connectivity index (χ1v) is 7.97. The van der Waals surface area contributed by atoms with Crippen LogP contribution in [0.4, 0.5) is 0 Å². The Hall–Kier alpha value is -1.32. The van der Waals surface area contributed by atoms with Gasteiger partial charge in [-0.05, 0) is 45.3 Å². The zero-order valence-corrected chi connectivity index (χ0v) is 13.3. The van der Waals surface area contributed by atoms with Crippen molar-refractivity contribution in [1.82, 2.24) is 10.2 Å². The van der Waals surface area contributed by atoms with Crippen molar-refractivity contribution in [3.05, 3.63) is 42.5 Å². The van der Waals surface area contributed by atoms with Gasteiger partial charge in [0.2, 0.25) is 0 Å². The summed E-state index contributed by atoms with van der Waals surface area (Å²) in [6.45, 7) is 13.2. The zero-order chi connectivity index (χ0) is 15.1. The number of nitrogens with zero attached hydrogens (tertiary/aromatic N) is 1. The van der Waals surface area contributed by atoms with Gasteiger partial charge >= 0.3 is 0 Å². The summed E-state index contributed by atoms with van der Waals surface area (Å²) in [5.74, 6) is 1.73. The van der Waals surface area contributed by atoms with Gasteiger partial charge in [-0.2, -0.15) is 0 Å². The molecule has 1 aliphatic heterocycles. The van der Waals surface area contributed by atoms with Gasteiger partial charge in [-0.1, -0.05) is 30.9 Å². The second kappa shape index (κ2) is 8.20. The molecule has 21 heavy (non-hydrogen) atoms. The van der Waals surface area contributed by atoms with Gasteiger partial charge in [0.1, 0.15) is 12.4 Å². The van der Waals surface area contributed by atoms with Crippen molar-refractivity contribution >= 4 is 0 Å². The average molecular weight is 288 g/mol. The Morgan fingerprint density at radius 1 is 1.43 bits per heavy atom. The van der Waals surface area contributed by atoms with E-state index < -0.39 is 0 Å². The smallest absolute Gasteiger partial charge is 0.124 e. The first-order valence-electron chi connectivity index (χ1n) is 7.97. The molecule has 1 atom stereocenters. The number of rotatable bonds is 8. The van der Waals surface area contributed by atoms with E-state index in [1.165, 1.54) is 25.1 Å². The van der Waals surface area contributed by atoms with Crippen LogP contribution in [0.15, 0.2) is 36.9 Å². The van der Waals surface area contributed by atoms with Gasteiger partial charge in [-0.25, -0.2) is 0 Å². The summed E-state index contributed by atoms with van der Waals surface area (Å²) in [6, 6.07) is 8.90. The Morgan fingerprint density at radius 2 is 2.24 bits per heavy atom. The molecular formula is C18H28N2O. The minimum absolute atomic E-state index is 0.559. The van der Waals surface area contributed by atoms with Crippen molar-refractivity contribution in [1.29, 1.82) is 0 Å². The van der Waals surface area contributed by atoms with Crippen LogP contribution in [0.25, 0.3) is 0 Å². The third-order valence-electron chi connectivity index (χ3n) is 4.13. The number of ether oxygens (including phenoxy) is 1. The van der Waals surface area contributed by atoms with Gasteiger partial charge in [-0.15, -0.1) is 0 Å². The van der Waals surface area contributed by atoms with Crippen molar-refractivity contribution < 1.29 is 4.74 Å². The fourth-order valence-corrected chi connectivity index (χ4v) is 2.85. The lowest BCUT2D eigenvalue weighted by atomic mass is 10.1. The van der Waals surface area contributed by atoms with E-state index in [0.29, 0.717) is 12.6 Å². The molecule has 0 spiro atoms. The minimum atomic E-state index is 0.559. The molecule has 1 aromatic rings. The van der Waals surface area contributed by atoms with Crippen molar-refractivity contribution in [3.8, 4) is 5.75 Å². The van der Waals surface area contributed by atoms with Crippen LogP contribution in [-0.2, 0) is 6.54 Å². The SMILES string of the molecule is C=CCOc1ccccc1CNCC1CCN(C(C)C)C1. The fraction of sp³-hybridized carbons (Fsp3) is 0.556. The van der Waals surface area contributed by atoms with Gasteiger partial charge in [0.25, 0.3) is 0 Å². The highest BCUT2D eigenvalue weighted by atomic mass is 16.5. The monoisotopic (exact) mass is 288 g/mol. The van der Waals surface area contributed by atoms with E-state index in [0.717, 1.165) is 24.8 Å². The van der Waals surface area contributed by atoms with Gasteiger partial charge in [0, 0.05) is 24.7 Å². The number of benzene rings is 1. The van der Waals surface area contributed by atoms with Crippen LogP contribution >= 0.6 is 0 Å². The Balaban J connectivity index is 1.77. The number of nitrogens with one attached hydrogen (secondary N) is 1. The van der Waals surface area contributed by atoms with E-state index in [1.807, 2.05) is 12.1 Å². The third-order valence-corrected chi connectivity index (χ3v) is 4.13. The molecule has 0 saturated carbocycles. The van der Waals surface area contributed by atoms with Crippen LogP contribution in [0.1, 0.15) is 25.8 Å². The highest BCUT2D eigenvalue weighted by molar-refractivity contribution is 5.33. The maximum absolute atomic E-state index is 5.69. The highest BCUT2D eigenvalue weighted by Crippen LogP contribution is 2.20. The predicted molar refractivity (Wildman–Crippen MR) is 88.7 cm³/mol. The largest absolute Gasteiger partial charge is 0.489 e. The van der Waals surface area contributed by atoms with E-state index in [4.69, 9.17) is 4.74 Å². The highest BCUT2D eigenvalue weighted by Gasteiger charge is 2.23. The maximum atomic E-state index is 5.69. The summed E-state index contributed by atoms with van der Waals surface area (Å²) >= 11 is 0. The Labute approximate surface area is 129 Å². The molecule has 3 nitrogen and oxygen atoms in total. The molecule has 116 valence electrons. The van der Waals surface area contributed by atoms with E-state index >= 15 is 0 Å². The summed E-state index contributed by atoms with van der Waals surface area (Å²) < 4.78 is 5.69. The van der Waals surface area contributed by atoms with Crippen molar-refractivity contribution in [2.45, 2.75) is 32.9 Å². The molecule has 0 aliphatic carbocycles. The number of hydrogen-bond acceptors (Lipinski definition) is 3. The van der Waals surface area contributed by atoms with Crippen LogP contribution in [-0.4, -0.2) is 37.2 Å². The van der Waals surface area contributed by atoms with E-state index in [-0.39, 0.29) is 0 Å². The van der Waals surface area contributed by atoms with Gasteiger partial charge in [-0.3, -0.25) is 0 Å². The molecular weight excluding hydrogens is 260 g/mol. The van der Waals surface area contributed by atoms with Gasteiger partial charge < -0.3 is 15.0 Å². The molecule has 0 bridgehead atoms. The van der Waals surface area contributed by atoms with Crippen molar-refractivity contribution in [2.75, 3.05) is 26.2 Å². The summed E-state index contributed by atoms with van der Waals surface area (Å²) in [6.07, 6.45) is 3.09. The van der Waals surface area contributed by atoms with Crippen LogP contribution in [0, 0.1) is 5.92 Å². The standard InChI is InChI=1S/C18H28N2O/c1-4-11-21-18-8-6-5-7-17(18)13-19-12-16-9-10-20(14-16)15(2)3/h4-8,15-16,19H,1,9-14H2,2-3H3. The maximum Gasteiger partial charge on any atom is 0.124 e. The van der Waals surface area contributed by atoms with Gasteiger partial charge in [0.15, 0.2) is 0 Å². The lowest BCUT2D eigenvalue weighted by molar-refractivity contribution is 0.264. The van der Waals surface area contributed by atoms with Gasteiger partial charge in [0.05, 0.1) is 0 Å². The average Bonchev–Trinajstić information content (AvgIpc) is 2.95. The normalized spacial score (nSPS) is 19.1. The van der Waals surface area contributed by atoms with E-state index in [1.54, 1.807) is 6.08 Å². The molecule has 1 unspecified atom stereocenters. The molecule has 2 rings (SSSR count). The molecule has 0 radical (unpaired) electrons. The molecule has 1 aromatic carbocycles. The number of likely N-dealkylation sites (tertiary alicyclic amines) is 1. The molecule has 1 heterocycles. The van der Waals surface area contributed by atoms with Crippen LogP contribution in [0.3, 0.4) is 0 Å². The first kappa shape index (κ1) is 16.1. The van der Waals surface area contributed by atoms with Crippen molar-refractivity contribution in [2.24, 2.45) is 5.92 Å². The lowest BCUT2D eigenvalue weighted by Gasteiger charge is -2.20. The van der Waals surface area contributed by atoms with E-state index in [9.17, 15) is 0 Å². The van der Waals surface area contributed by atoms with Crippen LogP contribution < -0.4 is 10.1 Å². The Bertz CT molecular complexity index is 445. The minimum Gasteiger partial charge on any atom is -0.489 e. The Morgan fingerprint density at radius 3 is 2.95 bits per heavy atom. The molecule has 1 aliphatic rings. The number of para-hydroxylation sites is 1. The topological polar surface area (TPSA) is 24.5 Å². The second-order valence-electron chi connectivity index (χ2n) is 6.08. The molecule has 0 aromatic heterocycles. The van der Waals surface area contributed by atoms with E-state index in [2.05, 4.69) is 42.8 Å². The first-order chi connectivity index (χ1) is 10.2.